The first-order chi connectivity index (χ1) is 9.74. The molecule has 1 amide bonds. The van der Waals surface area contributed by atoms with E-state index in [1.54, 1.807) is 18.2 Å². The predicted molar refractivity (Wildman–Crippen MR) is 79.9 cm³/mol. The molecule has 114 valence electrons. The zero-order valence-corrected chi connectivity index (χ0v) is 12.2. The van der Waals surface area contributed by atoms with Crippen LogP contribution in [0.25, 0.3) is 11.0 Å². The number of anilines is 1. The van der Waals surface area contributed by atoms with Crippen LogP contribution in [0.15, 0.2) is 23.0 Å². The number of fused-ring (bicyclic) bond motifs is 1. The van der Waals surface area contributed by atoms with E-state index < -0.39 is 21.8 Å². The molecule has 0 aliphatic carbocycles. The Morgan fingerprint density at radius 1 is 1.33 bits per heavy atom. The van der Waals surface area contributed by atoms with Gasteiger partial charge in [-0.05, 0) is 24.6 Å². The Morgan fingerprint density at radius 3 is 2.67 bits per heavy atom. The van der Waals surface area contributed by atoms with Crippen molar-refractivity contribution in [3.63, 3.8) is 0 Å². The molecule has 21 heavy (non-hydrogen) atoms. The summed E-state index contributed by atoms with van der Waals surface area (Å²) in [7, 11) is -3.16. The van der Waals surface area contributed by atoms with Crippen LogP contribution in [0.1, 0.15) is 6.42 Å². The lowest BCUT2D eigenvalue weighted by Gasteiger charge is -2.11. The summed E-state index contributed by atoms with van der Waals surface area (Å²) >= 11 is 0. The van der Waals surface area contributed by atoms with Gasteiger partial charge in [-0.3, -0.25) is 4.79 Å². The largest absolute Gasteiger partial charge is 0.325 e. The van der Waals surface area contributed by atoms with Crippen molar-refractivity contribution in [3.8, 4) is 0 Å². The van der Waals surface area contributed by atoms with Gasteiger partial charge in [0.2, 0.25) is 5.91 Å². The number of aromatic amines is 2. The highest BCUT2D eigenvalue weighted by Crippen LogP contribution is 2.14. The van der Waals surface area contributed by atoms with Gasteiger partial charge in [-0.2, -0.15) is 0 Å². The van der Waals surface area contributed by atoms with E-state index in [9.17, 15) is 18.0 Å². The second-order valence-corrected chi connectivity index (χ2v) is 7.11. The summed E-state index contributed by atoms with van der Waals surface area (Å²) in [5.41, 5.74) is 6.97. The first-order valence-electron chi connectivity index (χ1n) is 6.21. The van der Waals surface area contributed by atoms with Crippen molar-refractivity contribution in [2.45, 2.75) is 12.5 Å². The van der Waals surface area contributed by atoms with E-state index in [4.69, 9.17) is 5.73 Å². The second-order valence-electron chi connectivity index (χ2n) is 4.85. The Balaban J connectivity index is 2.05. The number of carbonyl (C=O) groups excluding carboxylic acids is 1. The number of nitrogens with two attached hydrogens (primary N) is 1. The molecular weight excluding hydrogens is 296 g/mol. The van der Waals surface area contributed by atoms with Crippen LogP contribution in [0.2, 0.25) is 0 Å². The molecule has 1 atom stereocenters. The minimum atomic E-state index is -3.16. The maximum absolute atomic E-state index is 11.9. The van der Waals surface area contributed by atoms with Gasteiger partial charge >= 0.3 is 5.69 Å². The summed E-state index contributed by atoms with van der Waals surface area (Å²) in [5.74, 6) is -0.623. The molecule has 1 unspecified atom stereocenters. The number of rotatable bonds is 5. The molecule has 0 aliphatic rings. The minimum Gasteiger partial charge on any atom is -0.325 e. The molecule has 2 aromatic rings. The van der Waals surface area contributed by atoms with E-state index in [-0.39, 0.29) is 17.9 Å². The highest BCUT2D eigenvalue weighted by Gasteiger charge is 2.16. The Labute approximate surface area is 120 Å². The van der Waals surface area contributed by atoms with Crippen molar-refractivity contribution < 1.29 is 13.2 Å². The normalized spacial score (nSPS) is 13.2. The number of H-pyrrole nitrogens is 2. The van der Waals surface area contributed by atoms with Crippen molar-refractivity contribution in [1.29, 1.82) is 0 Å². The summed E-state index contributed by atoms with van der Waals surface area (Å²) < 4.78 is 22.1. The zero-order chi connectivity index (χ0) is 15.6. The van der Waals surface area contributed by atoms with Gasteiger partial charge in [-0.15, -0.1) is 0 Å². The summed E-state index contributed by atoms with van der Waals surface area (Å²) in [4.78, 5) is 28.2. The van der Waals surface area contributed by atoms with Gasteiger partial charge in [-0.25, -0.2) is 13.2 Å². The van der Waals surface area contributed by atoms with Gasteiger partial charge in [0, 0.05) is 11.9 Å². The van der Waals surface area contributed by atoms with E-state index in [2.05, 4.69) is 15.3 Å². The first kappa shape index (κ1) is 15.3. The quantitative estimate of drug-likeness (QED) is 0.593. The highest BCUT2D eigenvalue weighted by atomic mass is 32.2. The van der Waals surface area contributed by atoms with Gasteiger partial charge in [0.05, 0.1) is 22.8 Å². The Hall–Kier alpha value is -2.13. The van der Waals surface area contributed by atoms with Crippen molar-refractivity contribution in [3.05, 3.63) is 28.7 Å². The smallest absolute Gasteiger partial charge is 0.323 e. The number of aromatic nitrogens is 2. The fourth-order valence-electron chi connectivity index (χ4n) is 1.82. The van der Waals surface area contributed by atoms with Gasteiger partial charge in [0.1, 0.15) is 9.84 Å². The number of hydrogen-bond acceptors (Lipinski definition) is 5. The molecule has 1 aromatic carbocycles. The van der Waals surface area contributed by atoms with E-state index in [1.807, 2.05) is 0 Å². The Kier molecular flexibility index (Phi) is 4.14. The Morgan fingerprint density at radius 2 is 2.00 bits per heavy atom. The molecule has 2 rings (SSSR count). The van der Waals surface area contributed by atoms with Gasteiger partial charge < -0.3 is 21.0 Å². The summed E-state index contributed by atoms with van der Waals surface area (Å²) in [6, 6.07) is 3.94. The summed E-state index contributed by atoms with van der Waals surface area (Å²) in [6.07, 6.45) is 1.14. The number of benzene rings is 1. The topological polar surface area (TPSA) is 138 Å². The highest BCUT2D eigenvalue weighted by molar-refractivity contribution is 7.90. The van der Waals surface area contributed by atoms with Crippen LogP contribution in [0.3, 0.4) is 0 Å². The van der Waals surface area contributed by atoms with Crippen molar-refractivity contribution in [1.82, 2.24) is 9.97 Å². The third-order valence-electron chi connectivity index (χ3n) is 2.92. The fraction of sp³-hybridized carbons (Fsp3) is 0.333. The molecule has 1 aromatic heterocycles. The van der Waals surface area contributed by atoms with Gasteiger partial charge in [0.25, 0.3) is 0 Å². The van der Waals surface area contributed by atoms with Gasteiger partial charge in [-0.1, -0.05) is 0 Å². The Bertz CT molecular complexity index is 821. The van der Waals surface area contributed by atoms with E-state index in [0.717, 1.165) is 6.26 Å². The molecule has 1 heterocycles. The third-order valence-corrected chi connectivity index (χ3v) is 3.90. The molecule has 0 radical (unpaired) electrons. The molecule has 0 saturated carbocycles. The standard InChI is InChI=1S/C12H16N4O4S/c1-21(19,20)5-4-8(13)11(17)14-7-2-3-9-10(6-7)16-12(18)15-9/h2-3,6,8H,4-5,13H2,1H3,(H,14,17)(H2,15,16,18). The van der Waals surface area contributed by atoms with Gasteiger partial charge in [0.15, 0.2) is 0 Å². The summed E-state index contributed by atoms with van der Waals surface area (Å²) in [5, 5.41) is 2.58. The molecular formula is C12H16N4O4S. The number of amides is 1. The number of sulfone groups is 1. The lowest BCUT2D eigenvalue weighted by Crippen LogP contribution is -2.37. The van der Waals surface area contributed by atoms with E-state index in [1.165, 1.54) is 0 Å². The maximum Gasteiger partial charge on any atom is 0.323 e. The van der Waals surface area contributed by atoms with Crippen LogP contribution in [-0.2, 0) is 14.6 Å². The first-order valence-corrected chi connectivity index (χ1v) is 8.27. The van der Waals surface area contributed by atoms with E-state index in [0.29, 0.717) is 16.7 Å². The van der Waals surface area contributed by atoms with Crippen molar-refractivity contribution >= 4 is 32.5 Å². The molecule has 9 heteroatoms. The molecule has 8 nitrogen and oxygen atoms in total. The average molecular weight is 312 g/mol. The number of carbonyl (C=O) groups is 1. The third kappa shape index (κ3) is 4.17. The number of nitrogens with one attached hydrogen (secondary N) is 3. The van der Waals surface area contributed by atoms with Crippen molar-refractivity contribution in [2.24, 2.45) is 5.73 Å². The van der Waals surface area contributed by atoms with Crippen LogP contribution in [0.4, 0.5) is 5.69 Å². The molecule has 0 fully saturated rings. The molecule has 0 spiro atoms. The second kappa shape index (κ2) is 5.70. The maximum atomic E-state index is 11.9. The molecule has 5 N–H and O–H groups in total. The lowest BCUT2D eigenvalue weighted by atomic mass is 10.2. The van der Waals surface area contributed by atoms with Crippen LogP contribution >= 0.6 is 0 Å². The monoisotopic (exact) mass is 312 g/mol. The SMILES string of the molecule is CS(=O)(=O)CCC(N)C(=O)Nc1ccc2[nH]c(=O)[nH]c2c1. The van der Waals surface area contributed by atoms with Crippen LogP contribution < -0.4 is 16.7 Å². The van der Waals surface area contributed by atoms with Crippen LogP contribution in [-0.4, -0.2) is 42.3 Å². The summed E-state index contributed by atoms with van der Waals surface area (Å²) in [6.45, 7) is 0. The fourth-order valence-corrected chi connectivity index (χ4v) is 2.50. The van der Waals surface area contributed by atoms with Crippen LogP contribution in [0, 0.1) is 0 Å². The minimum absolute atomic E-state index is 0.0495. The lowest BCUT2D eigenvalue weighted by molar-refractivity contribution is -0.117. The molecule has 0 saturated heterocycles. The van der Waals surface area contributed by atoms with Crippen LogP contribution in [0.5, 0.6) is 0 Å². The van der Waals surface area contributed by atoms with E-state index >= 15 is 0 Å². The zero-order valence-electron chi connectivity index (χ0n) is 11.3. The molecule has 0 aliphatic heterocycles. The number of hydrogen-bond donors (Lipinski definition) is 4. The number of imidazole rings is 1. The average Bonchev–Trinajstić information content (AvgIpc) is 2.74. The predicted octanol–water partition coefficient (Wildman–Crippen LogP) is -0.443. The van der Waals surface area contributed by atoms with Crippen molar-refractivity contribution in [2.75, 3.05) is 17.3 Å². The molecule has 0 bridgehead atoms.